The summed E-state index contributed by atoms with van der Waals surface area (Å²) in [4.78, 5) is 10.6. The third-order valence-corrected chi connectivity index (χ3v) is 0.786. The van der Waals surface area contributed by atoms with E-state index >= 15 is 0 Å². The molecule has 0 saturated heterocycles. The molecule has 0 aliphatic rings. The Bertz CT molecular complexity index is 116. The van der Waals surface area contributed by atoms with Gasteiger partial charge in [0.15, 0.2) is 0 Å². The van der Waals surface area contributed by atoms with Crippen LogP contribution >= 0.6 is 0 Å². The number of carbonyl (C=O) groups is 1. The summed E-state index contributed by atoms with van der Waals surface area (Å²) in [7, 11) is 0. The number of carbonyl (C=O) groups excluding carboxylic acids is 1. The molecule has 0 atom stereocenters. The van der Waals surface area contributed by atoms with E-state index in [1.807, 2.05) is 6.92 Å². The van der Waals surface area contributed by atoms with Gasteiger partial charge in [-0.15, -0.1) is 0 Å². The Labute approximate surface area is 62.9 Å². The smallest absolute Gasteiger partial charge is 0.333 e. The van der Waals surface area contributed by atoms with Gasteiger partial charge < -0.3 is 4.74 Å². The molecule has 60 valence electrons. The lowest BCUT2D eigenvalue weighted by atomic mass is 10.4. The highest BCUT2D eigenvalue weighted by molar-refractivity contribution is 5.86. The zero-order valence-corrected chi connectivity index (χ0v) is 5.94. The van der Waals surface area contributed by atoms with Crippen molar-refractivity contribution in [3.8, 4) is 0 Å². The van der Waals surface area contributed by atoms with Crippen molar-refractivity contribution in [2.24, 2.45) is 0 Å². The summed E-state index contributed by atoms with van der Waals surface area (Å²) in [6.45, 7) is 7.51. The van der Waals surface area contributed by atoms with E-state index in [-0.39, 0.29) is 13.4 Å². The fraction of sp³-hybridized carbons (Fsp3) is 0.625. The minimum absolute atomic E-state index is 0. The average Bonchev–Trinajstić information content (AvgIpc) is 1.82. The number of hydrogen-bond donors (Lipinski definition) is 0. The maximum absolute atomic E-state index is 10.6. The summed E-state index contributed by atoms with van der Waals surface area (Å²) in [5.74, 6) is -0.295. The first-order valence-corrected chi connectivity index (χ1v) is 3.01. The van der Waals surface area contributed by atoms with Gasteiger partial charge in [0.25, 0.3) is 0 Å². The Morgan fingerprint density at radius 2 is 2.10 bits per heavy atom. The van der Waals surface area contributed by atoms with Gasteiger partial charge >= 0.3 is 5.97 Å². The largest absolute Gasteiger partial charge is 0.462 e. The molecule has 0 bridgehead atoms. The number of hydrogen-bond acceptors (Lipinski definition) is 2. The molecule has 0 aliphatic heterocycles. The predicted octanol–water partition coefficient (Wildman–Crippen LogP) is 2.15. The summed E-state index contributed by atoms with van der Waals surface area (Å²) >= 11 is 0. The van der Waals surface area contributed by atoms with Crippen LogP contribution in [-0.4, -0.2) is 12.6 Å². The molecule has 0 amide bonds. The molecule has 0 aromatic heterocycles. The third-order valence-electron chi connectivity index (χ3n) is 0.786. The Balaban J connectivity index is 0. The predicted molar refractivity (Wildman–Crippen MR) is 42.8 cm³/mol. The van der Waals surface area contributed by atoms with E-state index in [2.05, 4.69) is 6.58 Å². The Kier molecular flexibility index (Phi) is 7.56. The van der Waals surface area contributed by atoms with Crippen molar-refractivity contribution in [3.63, 3.8) is 0 Å². The van der Waals surface area contributed by atoms with Gasteiger partial charge in [-0.2, -0.15) is 0 Å². The van der Waals surface area contributed by atoms with Crippen LogP contribution in [0.25, 0.3) is 0 Å². The highest BCUT2D eigenvalue weighted by Crippen LogP contribution is 1.91. The monoisotopic (exact) mass is 144 g/mol. The molecule has 0 rings (SSSR count). The molecule has 2 heteroatoms. The fourth-order valence-corrected chi connectivity index (χ4v) is 0.318. The molecule has 0 heterocycles. The van der Waals surface area contributed by atoms with Crippen LogP contribution in [0.4, 0.5) is 0 Å². The molecule has 0 saturated carbocycles. The number of esters is 1. The van der Waals surface area contributed by atoms with E-state index in [0.717, 1.165) is 6.42 Å². The summed E-state index contributed by atoms with van der Waals surface area (Å²) in [5, 5.41) is 0. The van der Waals surface area contributed by atoms with Gasteiger partial charge in [0, 0.05) is 5.57 Å². The normalized spacial score (nSPS) is 7.80. The van der Waals surface area contributed by atoms with Crippen molar-refractivity contribution >= 4 is 5.97 Å². The van der Waals surface area contributed by atoms with Crippen molar-refractivity contribution in [1.82, 2.24) is 0 Å². The summed E-state index contributed by atoms with van der Waals surface area (Å²) < 4.78 is 4.71. The SMILES string of the molecule is C.C=C(C)C(=O)OCCC. The van der Waals surface area contributed by atoms with Crippen molar-refractivity contribution in [1.29, 1.82) is 0 Å². The molecule has 0 spiro atoms. The summed E-state index contributed by atoms with van der Waals surface area (Å²) in [6.07, 6.45) is 0.860. The Morgan fingerprint density at radius 1 is 1.60 bits per heavy atom. The standard InChI is InChI=1S/C7H12O2.CH4/c1-4-5-9-7(8)6(2)3;/h2,4-5H2,1,3H3;1H4. The van der Waals surface area contributed by atoms with Crippen molar-refractivity contribution < 1.29 is 9.53 Å². The highest BCUT2D eigenvalue weighted by Gasteiger charge is 1.99. The van der Waals surface area contributed by atoms with Crippen LogP contribution in [0.15, 0.2) is 12.2 Å². The van der Waals surface area contributed by atoms with Gasteiger partial charge in [0.05, 0.1) is 6.61 Å². The first-order valence-electron chi connectivity index (χ1n) is 3.01. The average molecular weight is 144 g/mol. The van der Waals surface area contributed by atoms with Gasteiger partial charge in [0.2, 0.25) is 0 Å². The van der Waals surface area contributed by atoms with Crippen LogP contribution in [0, 0.1) is 0 Å². The van der Waals surface area contributed by atoms with Gasteiger partial charge in [-0.1, -0.05) is 20.9 Å². The lowest BCUT2D eigenvalue weighted by Gasteiger charge is -1.99. The van der Waals surface area contributed by atoms with Crippen LogP contribution in [0.3, 0.4) is 0 Å². The molecule has 0 unspecified atom stereocenters. The molecule has 0 aromatic rings. The second-order valence-corrected chi connectivity index (χ2v) is 1.92. The summed E-state index contributed by atoms with van der Waals surface area (Å²) in [5.41, 5.74) is 0.462. The van der Waals surface area contributed by atoms with Crippen LogP contribution in [0.1, 0.15) is 27.7 Å². The maximum Gasteiger partial charge on any atom is 0.333 e. The van der Waals surface area contributed by atoms with Crippen molar-refractivity contribution in [2.75, 3.05) is 6.61 Å². The zero-order valence-electron chi connectivity index (χ0n) is 5.94. The Hall–Kier alpha value is -0.790. The van der Waals surface area contributed by atoms with E-state index in [0.29, 0.717) is 12.2 Å². The first kappa shape index (κ1) is 11.9. The minimum atomic E-state index is -0.295. The highest BCUT2D eigenvalue weighted by atomic mass is 16.5. The third kappa shape index (κ3) is 5.35. The van der Waals surface area contributed by atoms with Crippen LogP contribution in [0.2, 0.25) is 0 Å². The van der Waals surface area contributed by atoms with Crippen LogP contribution in [0.5, 0.6) is 0 Å². The molecular formula is C8H16O2. The van der Waals surface area contributed by atoms with E-state index in [4.69, 9.17) is 4.74 Å². The zero-order chi connectivity index (χ0) is 7.28. The number of ether oxygens (including phenoxy) is 1. The fourth-order valence-electron chi connectivity index (χ4n) is 0.318. The lowest BCUT2D eigenvalue weighted by Crippen LogP contribution is -2.04. The molecule has 0 N–H and O–H groups in total. The van der Waals surface area contributed by atoms with Crippen LogP contribution in [-0.2, 0) is 9.53 Å². The molecule has 0 fully saturated rings. The van der Waals surface area contributed by atoms with E-state index < -0.39 is 0 Å². The topological polar surface area (TPSA) is 26.3 Å². The van der Waals surface area contributed by atoms with Crippen molar-refractivity contribution in [3.05, 3.63) is 12.2 Å². The molecular weight excluding hydrogens is 128 g/mol. The van der Waals surface area contributed by atoms with Gasteiger partial charge in [0.1, 0.15) is 0 Å². The maximum atomic E-state index is 10.6. The summed E-state index contributed by atoms with van der Waals surface area (Å²) in [6, 6.07) is 0. The lowest BCUT2D eigenvalue weighted by molar-refractivity contribution is -0.138. The molecule has 10 heavy (non-hydrogen) atoms. The first-order chi connectivity index (χ1) is 4.18. The van der Waals surface area contributed by atoms with Crippen molar-refractivity contribution in [2.45, 2.75) is 27.7 Å². The van der Waals surface area contributed by atoms with Gasteiger partial charge in [-0.05, 0) is 13.3 Å². The quantitative estimate of drug-likeness (QED) is 0.448. The van der Waals surface area contributed by atoms with E-state index in [9.17, 15) is 4.79 Å². The van der Waals surface area contributed by atoms with E-state index in [1.54, 1.807) is 6.92 Å². The molecule has 2 nitrogen and oxygen atoms in total. The number of rotatable bonds is 3. The second kappa shape index (κ2) is 6.33. The molecule has 0 aliphatic carbocycles. The second-order valence-electron chi connectivity index (χ2n) is 1.92. The van der Waals surface area contributed by atoms with Crippen LogP contribution < -0.4 is 0 Å². The van der Waals surface area contributed by atoms with Gasteiger partial charge in [-0.25, -0.2) is 4.79 Å². The molecule has 0 aromatic carbocycles. The van der Waals surface area contributed by atoms with E-state index in [1.165, 1.54) is 0 Å². The molecule has 0 radical (unpaired) electrons. The Morgan fingerprint density at radius 3 is 2.40 bits per heavy atom. The minimum Gasteiger partial charge on any atom is -0.462 e. The van der Waals surface area contributed by atoms with Gasteiger partial charge in [-0.3, -0.25) is 0 Å².